The van der Waals surface area contributed by atoms with Crippen molar-refractivity contribution in [1.82, 2.24) is 10.6 Å². The molecule has 2 amide bonds. The van der Waals surface area contributed by atoms with Gasteiger partial charge in [0.2, 0.25) is 0 Å². The van der Waals surface area contributed by atoms with E-state index in [-0.39, 0.29) is 0 Å². The third-order valence-electron chi connectivity index (χ3n) is 3.33. The first-order valence-electron chi connectivity index (χ1n) is 8.99. The van der Waals surface area contributed by atoms with Gasteiger partial charge in [0, 0.05) is 18.6 Å². The van der Waals surface area contributed by atoms with Crippen molar-refractivity contribution in [3.8, 4) is 0 Å². The van der Waals surface area contributed by atoms with E-state index in [9.17, 15) is 9.59 Å². The van der Waals surface area contributed by atoms with Crippen LogP contribution in [0.15, 0.2) is 0 Å². The molecule has 25 heavy (non-hydrogen) atoms. The van der Waals surface area contributed by atoms with Crippen LogP contribution in [0.1, 0.15) is 74.1 Å². The normalized spacial score (nSPS) is 12.5. The van der Waals surface area contributed by atoms with E-state index >= 15 is 0 Å². The molecule has 0 radical (unpaired) electrons. The molecule has 7 nitrogen and oxygen atoms in total. The summed E-state index contributed by atoms with van der Waals surface area (Å²) in [5.74, 6) is 0. The van der Waals surface area contributed by atoms with Gasteiger partial charge in [0.15, 0.2) is 0 Å². The number of nitrogens with one attached hydrogen (secondary N) is 2. The van der Waals surface area contributed by atoms with Gasteiger partial charge < -0.3 is 25.8 Å². The molecule has 0 fully saturated rings. The van der Waals surface area contributed by atoms with Crippen LogP contribution in [0.2, 0.25) is 0 Å². The fourth-order valence-corrected chi connectivity index (χ4v) is 2.33. The molecule has 0 aliphatic carbocycles. The van der Waals surface area contributed by atoms with E-state index in [0.29, 0.717) is 25.9 Å². The van der Waals surface area contributed by atoms with Gasteiger partial charge in [-0.3, -0.25) is 0 Å². The maximum Gasteiger partial charge on any atom is 0.407 e. The van der Waals surface area contributed by atoms with E-state index in [2.05, 4.69) is 17.6 Å². The quantitative estimate of drug-likeness (QED) is 0.617. The van der Waals surface area contributed by atoms with Crippen molar-refractivity contribution >= 4 is 12.2 Å². The topological polar surface area (TPSA) is 103 Å². The lowest BCUT2D eigenvalue weighted by Gasteiger charge is -2.30. The molecule has 0 aliphatic rings. The van der Waals surface area contributed by atoms with Crippen LogP contribution in [0.25, 0.3) is 0 Å². The predicted octanol–water partition coefficient (Wildman–Crippen LogP) is 3.31. The molecular formula is C18H37N3O4. The highest BCUT2D eigenvalue weighted by Gasteiger charge is 2.25. The maximum absolute atomic E-state index is 11.7. The van der Waals surface area contributed by atoms with Gasteiger partial charge in [-0.25, -0.2) is 9.59 Å². The first-order valence-corrected chi connectivity index (χ1v) is 8.99. The van der Waals surface area contributed by atoms with Gasteiger partial charge >= 0.3 is 12.2 Å². The molecular weight excluding hydrogens is 322 g/mol. The van der Waals surface area contributed by atoms with Crippen LogP contribution < -0.4 is 16.4 Å². The molecule has 0 aliphatic heterocycles. The van der Waals surface area contributed by atoms with Gasteiger partial charge in [0.25, 0.3) is 0 Å². The summed E-state index contributed by atoms with van der Waals surface area (Å²) >= 11 is 0. The second kappa shape index (κ2) is 9.85. The lowest BCUT2D eigenvalue weighted by Crippen LogP contribution is -2.46. The first kappa shape index (κ1) is 23.5. The summed E-state index contributed by atoms with van der Waals surface area (Å²) in [6, 6.07) is 0. The van der Waals surface area contributed by atoms with Crippen molar-refractivity contribution in [1.29, 1.82) is 0 Å². The molecule has 0 spiro atoms. The molecule has 0 saturated heterocycles. The van der Waals surface area contributed by atoms with Gasteiger partial charge in [-0.15, -0.1) is 0 Å². The van der Waals surface area contributed by atoms with Gasteiger partial charge in [-0.1, -0.05) is 13.3 Å². The van der Waals surface area contributed by atoms with Gasteiger partial charge in [0.1, 0.15) is 11.2 Å². The van der Waals surface area contributed by atoms with Gasteiger partial charge in [-0.2, -0.15) is 0 Å². The van der Waals surface area contributed by atoms with Crippen LogP contribution in [0.3, 0.4) is 0 Å². The number of carbonyl (C=O) groups excluding carboxylic acids is 2. The molecule has 7 heteroatoms. The van der Waals surface area contributed by atoms with Crippen LogP contribution in [0.5, 0.6) is 0 Å². The second-order valence-electron chi connectivity index (χ2n) is 8.47. The zero-order valence-corrected chi connectivity index (χ0v) is 17.0. The number of alkyl carbamates (subject to hydrolysis) is 2. The summed E-state index contributed by atoms with van der Waals surface area (Å²) in [7, 11) is 0. The molecule has 0 unspecified atom stereocenters. The summed E-state index contributed by atoms with van der Waals surface area (Å²) in [5.41, 5.74) is 4.95. The zero-order valence-electron chi connectivity index (χ0n) is 17.0. The molecule has 0 aromatic heterocycles. The van der Waals surface area contributed by atoms with Crippen molar-refractivity contribution in [3.63, 3.8) is 0 Å². The Balaban J connectivity index is 4.31. The largest absolute Gasteiger partial charge is 0.444 e. The first-order chi connectivity index (χ1) is 11.3. The molecule has 0 aromatic carbocycles. The number of hydrogen-bond acceptors (Lipinski definition) is 5. The molecule has 0 atom stereocenters. The molecule has 0 bridgehead atoms. The Kier molecular flexibility index (Phi) is 9.26. The zero-order chi connectivity index (χ0) is 19.7. The Morgan fingerprint density at radius 3 is 1.44 bits per heavy atom. The number of hydrogen-bond donors (Lipinski definition) is 3. The number of carbonyl (C=O) groups is 2. The summed E-state index contributed by atoms with van der Waals surface area (Å²) in [4.78, 5) is 23.4. The number of ether oxygens (including phenoxy) is 2. The second-order valence-corrected chi connectivity index (χ2v) is 8.47. The van der Waals surface area contributed by atoms with E-state index in [4.69, 9.17) is 15.2 Å². The molecule has 4 N–H and O–H groups in total. The summed E-state index contributed by atoms with van der Waals surface area (Å²) in [6.07, 6.45) is 2.05. The van der Waals surface area contributed by atoms with Gasteiger partial charge in [-0.05, 0) is 60.8 Å². The molecule has 0 rings (SSSR count). The van der Waals surface area contributed by atoms with Crippen molar-refractivity contribution in [2.75, 3.05) is 13.1 Å². The Morgan fingerprint density at radius 2 is 1.16 bits per heavy atom. The van der Waals surface area contributed by atoms with Crippen molar-refractivity contribution in [2.24, 2.45) is 5.73 Å². The van der Waals surface area contributed by atoms with Crippen LogP contribution >= 0.6 is 0 Å². The van der Waals surface area contributed by atoms with Crippen molar-refractivity contribution < 1.29 is 19.1 Å². The van der Waals surface area contributed by atoms with Crippen LogP contribution in [-0.2, 0) is 9.47 Å². The minimum absolute atomic E-state index is 0.428. The highest BCUT2D eigenvalue weighted by atomic mass is 16.6. The van der Waals surface area contributed by atoms with Crippen LogP contribution in [-0.4, -0.2) is 42.0 Å². The third-order valence-corrected chi connectivity index (χ3v) is 3.33. The monoisotopic (exact) mass is 359 g/mol. The fourth-order valence-electron chi connectivity index (χ4n) is 2.33. The van der Waals surface area contributed by atoms with E-state index in [1.54, 1.807) is 0 Å². The Bertz CT molecular complexity index is 391. The highest BCUT2D eigenvalue weighted by molar-refractivity contribution is 5.68. The van der Waals surface area contributed by atoms with Gasteiger partial charge in [0.05, 0.1) is 0 Å². The van der Waals surface area contributed by atoms with Crippen molar-refractivity contribution in [3.05, 3.63) is 0 Å². The summed E-state index contributed by atoms with van der Waals surface area (Å²) in [5, 5.41) is 5.46. The van der Waals surface area contributed by atoms with E-state index < -0.39 is 28.9 Å². The van der Waals surface area contributed by atoms with E-state index in [1.165, 1.54) is 0 Å². The minimum Gasteiger partial charge on any atom is -0.444 e. The smallest absolute Gasteiger partial charge is 0.407 e. The van der Waals surface area contributed by atoms with Crippen LogP contribution in [0, 0.1) is 0 Å². The maximum atomic E-state index is 11.7. The third kappa shape index (κ3) is 13.5. The minimum atomic E-state index is -0.523. The highest BCUT2D eigenvalue weighted by Crippen LogP contribution is 2.18. The number of amides is 2. The number of nitrogens with two attached hydrogens (primary N) is 1. The predicted molar refractivity (Wildman–Crippen MR) is 99.5 cm³/mol. The molecule has 148 valence electrons. The average Bonchev–Trinajstić information content (AvgIpc) is 2.34. The summed E-state index contributed by atoms with van der Waals surface area (Å²) in [6.45, 7) is 13.8. The standard InChI is InChI=1S/C18H37N3O4/c1-8-9-18(19,10-12-20-14(22)24-16(2,3)4)11-13-21-15(23)25-17(5,6)7/h8-13,19H2,1-7H3,(H,20,22)(H,21,23). The molecule has 0 heterocycles. The Morgan fingerprint density at radius 1 is 0.800 bits per heavy atom. The average molecular weight is 360 g/mol. The molecule has 0 saturated carbocycles. The Hall–Kier alpha value is -1.50. The number of rotatable bonds is 8. The summed E-state index contributed by atoms with van der Waals surface area (Å²) < 4.78 is 10.4. The SMILES string of the molecule is CCCC(N)(CCNC(=O)OC(C)(C)C)CCNC(=O)OC(C)(C)C. The lowest BCUT2D eigenvalue weighted by molar-refractivity contribution is 0.0519. The Labute approximate surface area is 152 Å². The fraction of sp³-hybridized carbons (Fsp3) is 0.889. The van der Waals surface area contributed by atoms with Crippen LogP contribution in [0.4, 0.5) is 9.59 Å². The van der Waals surface area contributed by atoms with Crippen molar-refractivity contribution in [2.45, 2.75) is 90.9 Å². The molecule has 0 aromatic rings. The van der Waals surface area contributed by atoms with E-state index in [0.717, 1.165) is 12.8 Å². The lowest BCUT2D eigenvalue weighted by atomic mass is 9.87. The van der Waals surface area contributed by atoms with E-state index in [1.807, 2.05) is 41.5 Å².